The van der Waals surface area contributed by atoms with Gasteiger partial charge in [0.15, 0.2) is 0 Å². The van der Waals surface area contributed by atoms with E-state index in [-0.39, 0.29) is 6.42 Å². The van der Waals surface area contributed by atoms with Crippen molar-refractivity contribution in [2.45, 2.75) is 35.3 Å². The van der Waals surface area contributed by atoms with Gasteiger partial charge in [-0.25, -0.2) is 0 Å². The second-order valence-corrected chi connectivity index (χ2v) is 4.63. The second-order valence-electron chi connectivity index (χ2n) is 2.87. The maximum absolute atomic E-state index is 12.5. The molecule has 0 amide bonds. The lowest BCUT2D eigenvalue weighted by Gasteiger charge is -2.21. The Balaban J connectivity index is 4.15. The highest BCUT2D eigenvalue weighted by atomic mass is 127. The third-order valence-corrected chi connectivity index (χ3v) is 2.64. The smallest absolute Gasteiger partial charge is 0.196 e. The van der Waals surface area contributed by atoms with E-state index in [1.807, 2.05) is 0 Å². The van der Waals surface area contributed by atoms with Crippen molar-refractivity contribution in [3.63, 3.8) is 0 Å². The van der Waals surface area contributed by atoms with Gasteiger partial charge in [0.05, 0.1) is 0 Å². The first-order valence-corrected chi connectivity index (χ1v) is 5.15. The quantitative estimate of drug-likeness (QED) is 0.305. The van der Waals surface area contributed by atoms with E-state index < -0.39 is 22.4 Å². The molecule has 0 fully saturated rings. The van der Waals surface area contributed by atoms with Crippen molar-refractivity contribution < 1.29 is 22.0 Å². The summed E-state index contributed by atoms with van der Waals surface area (Å²) in [6.07, 6.45) is -4.37. The zero-order valence-corrected chi connectivity index (χ0v) is 9.41. The molecule has 14 heavy (non-hydrogen) atoms. The monoisotopic (exact) mass is 328 g/mol. The van der Waals surface area contributed by atoms with Gasteiger partial charge in [-0.15, -0.1) is 6.58 Å². The molecule has 84 valence electrons. The second kappa shape index (κ2) is 5.27. The average Bonchev–Trinajstić information content (AvgIpc) is 1.97. The van der Waals surface area contributed by atoms with Crippen molar-refractivity contribution in [1.82, 2.24) is 0 Å². The van der Waals surface area contributed by atoms with E-state index in [9.17, 15) is 22.0 Å². The highest BCUT2D eigenvalue weighted by molar-refractivity contribution is 14.1. The van der Waals surface area contributed by atoms with E-state index in [0.29, 0.717) is 6.42 Å². The highest BCUT2D eigenvalue weighted by Crippen LogP contribution is 2.40. The minimum absolute atomic E-state index is 0.287. The maximum Gasteiger partial charge on any atom is 0.453 e. The van der Waals surface area contributed by atoms with Crippen molar-refractivity contribution in [3.8, 4) is 0 Å². The van der Waals surface area contributed by atoms with Crippen LogP contribution < -0.4 is 0 Å². The molecule has 0 radical (unpaired) electrons. The van der Waals surface area contributed by atoms with E-state index in [1.165, 1.54) is 6.08 Å². The van der Waals surface area contributed by atoms with Crippen molar-refractivity contribution in [2.75, 3.05) is 0 Å². The number of hydrogen-bond donors (Lipinski definition) is 0. The van der Waals surface area contributed by atoms with Crippen LogP contribution in [0.25, 0.3) is 0 Å². The Morgan fingerprint density at radius 1 is 1.21 bits per heavy atom. The first-order valence-electron chi connectivity index (χ1n) is 3.90. The van der Waals surface area contributed by atoms with Crippen LogP contribution in [-0.4, -0.2) is 16.0 Å². The summed E-state index contributed by atoms with van der Waals surface area (Å²) in [5.74, 6) is -4.58. The van der Waals surface area contributed by atoms with Crippen molar-refractivity contribution >= 4 is 22.6 Å². The predicted octanol–water partition coefficient (Wildman–Crippen LogP) is 4.34. The number of alkyl halides is 6. The first-order chi connectivity index (χ1) is 6.20. The number of allylic oxidation sites excluding steroid dienone is 1. The summed E-state index contributed by atoms with van der Waals surface area (Å²) in [4.78, 5) is 0. The Kier molecular flexibility index (Phi) is 5.32. The minimum atomic E-state index is -5.44. The molecular formula is C8H10F5I. The highest BCUT2D eigenvalue weighted by Gasteiger charge is 2.57. The topological polar surface area (TPSA) is 0 Å². The van der Waals surface area contributed by atoms with Crippen LogP contribution in [0, 0.1) is 0 Å². The van der Waals surface area contributed by atoms with Gasteiger partial charge in [0.1, 0.15) is 0 Å². The van der Waals surface area contributed by atoms with Gasteiger partial charge in [0.25, 0.3) is 0 Å². The fourth-order valence-corrected chi connectivity index (χ4v) is 1.71. The van der Waals surface area contributed by atoms with Crippen LogP contribution in [0.1, 0.15) is 19.3 Å². The van der Waals surface area contributed by atoms with Crippen molar-refractivity contribution in [2.24, 2.45) is 0 Å². The maximum atomic E-state index is 12.5. The summed E-state index contributed by atoms with van der Waals surface area (Å²) >= 11 is 1.60. The Labute approximate surface area is 92.7 Å². The third kappa shape index (κ3) is 4.56. The van der Waals surface area contributed by atoms with Crippen LogP contribution >= 0.6 is 22.6 Å². The SMILES string of the molecule is C=CCCC(I)CC(F)(F)C(F)(F)F. The normalized spacial score (nSPS) is 15.3. The fourth-order valence-electron chi connectivity index (χ4n) is 0.795. The molecule has 0 heterocycles. The molecule has 0 aliphatic heterocycles. The molecule has 0 aliphatic carbocycles. The van der Waals surface area contributed by atoms with Crippen LogP contribution in [0.3, 0.4) is 0 Å². The van der Waals surface area contributed by atoms with Gasteiger partial charge >= 0.3 is 12.1 Å². The van der Waals surface area contributed by atoms with Crippen molar-refractivity contribution in [3.05, 3.63) is 12.7 Å². The van der Waals surface area contributed by atoms with Crippen LogP contribution in [0.5, 0.6) is 0 Å². The molecular weight excluding hydrogens is 318 g/mol. The standard InChI is InChI=1S/C8H10F5I/c1-2-3-4-6(14)5-7(9,10)8(11,12)13/h2,6H,1,3-5H2. The van der Waals surface area contributed by atoms with E-state index in [4.69, 9.17) is 0 Å². The summed E-state index contributed by atoms with van der Waals surface area (Å²) in [6.45, 7) is 3.36. The molecule has 0 bridgehead atoms. The Bertz CT molecular complexity index is 187. The van der Waals surface area contributed by atoms with Gasteiger partial charge in [0.2, 0.25) is 0 Å². The Morgan fingerprint density at radius 2 is 1.71 bits per heavy atom. The lowest BCUT2D eigenvalue weighted by molar-refractivity contribution is -0.283. The molecule has 1 unspecified atom stereocenters. The largest absolute Gasteiger partial charge is 0.453 e. The molecule has 0 saturated carbocycles. The van der Waals surface area contributed by atoms with Crippen LogP contribution in [0.4, 0.5) is 22.0 Å². The van der Waals surface area contributed by atoms with Gasteiger partial charge in [-0.05, 0) is 12.8 Å². The van der Waals surface area contributed by atoms with E-state index in [0.717, 1.165) is 0 Å². The lowest BCUT2D eigenvalue weighted by atomic mass is 10.1. The van der Waals surface area contributed by atoms with Gasteiger partial charge < -0.3 is 0 Å². The first kappa shape index (κ1) is 14.1. The lowest BCUT2D eigenvalue weighted by Crippen LogP contribution is -2.38. The number of hydrogen-bond acceptors (Lipinski definition) is 0. The van der Waals surface area contributed by atoms with E-state index >= 15 is 0 Å². The molecule has 0 aromatic carbocycles. The van der Waals surface area contributed by atoms with E-state index in [1.54, 1.807) is 22.6 Å². The summed E-state index contributed by atoms with van der Waals surface area (Å²) in [5, 5.41) is 0. The van der Waals surface area contributed by atoms with Crippen LogP contribution in [0.15, 0.2) is 12.7 Å². The molecule has 0 nitrogen and oxygen atoms in total. The van der Waals surface area contributed by atoms with Crippen LogP contribution in [-0.2, 0) is 0 Å². The number of halogens is 6. The van der Waals surface area contributed by atoms with Crippen LogP contribution in [0.2, 0.25) is 0 Å². The zero-order chi connectivity index (χ0) is 11.4. The molecule has 0 aliphatic rings. The molecule has 0 rings (SSSR count). The summed E-state index contributed by atoms with van der Waals surface area (Å²) < 4.78 is 59.4. The minimum Gasteiger partial charge on any atom is -0.196 e. The zero-order valence-electron chi connectivity index (χ0n) is 7.25. The fraction of sp³-hybridized carbons (Fsp3) is 0.750. The van der Waals surface area contributed by atoms with Gasteiger partial charge in [0, 0.05) is 10.3 Å². The van der Waals surface area contributed by atoms with E-state index in [2.05, 4.69) is 6.58 Å². The Morgan fingerprint density at radius 3 is 2.07 bits per heavy atom. The van der Waals surface area contributed by atoms with Crippen molar-refractivity contribution in [1.29, 1.82) is 0 Å². The van der Waals surface area contributed by atoms with Gasteiger partial charge in [-0.3, -0.25) is 0 Å². The Hall–Kier alpha value is 0.120. The molecule has 0 aromatic rings. The molecule has 1 atom stereocenters. The summed E-state index contributed by atoms with van der Waals surface area (Å²) in [7, 11) is 0. The van der Waals surface area contributed by atoms with Gasteiger partial charge in [-0.1, -0.05) is 28.7 Å². The molecule has 0 spiro atoms. The molecule has 0 aromatic heterocycles. The summed E-state index contributed by atoms with van der Waals surface area (Å²) in [5.41, 5.74) is 0. The number of rotatable bonds is 5. The molecule has 0 saturated heterocycles. The van der Waals surface area contributed by atoms with Gasteiger partial charge in [-0.2, -0.15) is 22.0 Å². The third-order valence-electron chi connectivity index (χ3n) is 1.58. The predicted molar refractivity (Wildman–Crippen MR) is 52.9 cm³/mol. The average molecular weight is 328 g/mol. The molecule has 0 N–H and O–H groups in total. The summed E-state index contributed by atoms with van der Waals surface area (Å²) in [6, 6.07) is 0. The molecule has 6 heteroatoms.